The quantitative estimate of drug-likeness (QED) is 0.312. The molecule has 2 heterocycles. The fraction of sp³-hybridized carbons (Fsp3) is 0. The smallest absolute Gasteiger partial charge is 0.335 e. The molecule has 2 N–H and O–H groups in total. The van der Waals surface area contributed by atoms with Crippen LogP contribution in [-0.2, 0) is 9.59 Å². The maximum atomic E-state index is 13.0. The Bertz CT molecular complexity index is 1310. The average molecular weight is 487 g/mol. The van der Waals surface area contributed by atoms with Gasteiger partial charge in [-0.3, -0.25) is 19.8 Å². The van der Waals surface area contributed by atoms with E-state index in [4.69, 9.17) is 39.8 Å². The summed E-state index contributed by atoms with van der Waals surface area (Å²) in [6.07, 6.45) is 1.28. The molecule has 160 valence electrons. The number of nitrogens with one attached hydrogen (secondary N) is 1. The number of nitrogens with zero attached hydrogens (tertiary/aromatic N) is 1. The van der Waals surface area contributed by atoms with Gasteiger partial charge in [-0.15, -0.1) is 0 Å². The third-order valence-corrected chi connectivity index (χ3v) is 5.44. The molecule has 1 saturated heterocycles. The number of carboxylic acid groups (broad SMARTS) is 1. The van der Waals surface area contributed by atoms with Gasteiger partial charge in [0.05, 0.1) is 16.3 Å². The normalized spacial score (nSPS) is 15.2. The number of benzene rings is 2. The Morgan fingerprint density at radius 2 is 1.78 bits per heavy atom. The van der Waals surface area contributed by atoms with E-state index in [-0.39, 0.29) is 32.8 Å². The van der Waals surface area contributed by atoms with Crippen LogP contribution in [0, 0.1) is 0 Å². The molecule has 0 bridgehead atoms. The molecular weight excluding hydrogens is 475 g/mol. The maximum Gasteiger partial charge on any atom is 0.335 e. The minimum atomic E-state index is -1.11. The minimum Gasteiger partial charge on any atom is -0.478 e. The maximum absolute atomic E-state index is 13.0. The van der Waals surface area contributed by atoms with Gasteiger partial charge in [-0.05, 0) is 72.9 Å². The predicted molar refractivity (Wildman–Crippen MR) is 124 cm³/mol. The van der Waals surface area contributed by atoms with Gasteiger partial charge in [0.1, 0.15) is 17.1 Å². The Balaban J connectivity index is 1.69. The van der Waals surface area contributed by atoms with Crippen LogP contribution >= 0.6 is 35.4 Å². The minimum absolute atomic E-state index is 0.0367. The van der Waals surface area contributed by atoms with Crippen LogP contribution in [0.25, 0.3) is 17.4 Å². The highest BCUT2D eigenvalue weighted by atomic mass is 35.5. The van der Waals surface area contributed by atoms with Crippen LogP contribution in [0.2, 0.25) is 10.0 Å². The molecule has 0 saturated carbocycles. The van der Waals surface area contributed by atoms with Gasteiger partial charge in [0, 0.05) is 10.6 Å². The van der Waals surface area contributed by atoms with Crippen molar-refractivity contribution in [1.29, 1.82) is 0 Å². The molecule has 10 heteroatoms. The molecule has 1 aliphatic heterocycles. The second-order valence-corrected chi connectivity index (χ2v) is 7.87. The van der Waals surface area contributed by atoms with Gasteiger partial charge in [0.15, 0.2) is 5.11 Å². The summed E-state index contributed by atoms with van der Waals surface area (Å²) in [7, 11) is 0. The molecule has 4 rings (SSSR count). The number of hydrogen-bond acceptors (Lipinski definition) is 5. The molecule has 1 fully saturated rings. The second-order valence-electron chi connectivity index (χ2n) is 6.64. The highest BCUT2D eigenvalue weighted by molar-refractivity contribution is 7.80. The molecule has 2 amide bonds. The van der Waals surface area contributed by atoms with Crippen molar-refractivity contribution in [3.05, 3.63) is 81.5 Å². The predicted octanol–water partition coefficient (Wildman–Crippen LogP) is 4.78. The van der Waals surface area contributed by atoms with Crippen molar-refractivity contribution in [2.24, 2.45) is 0 Å². The summed E-state index contributed by atoms with van der Waals surface area (Å²) in [5.41, 5.74) is 0.641. The molecule has 0 spiro atoms. The molecule has 1 aliphatic rings. The van der Waals surface area contributed by atoms with E-state index in [1.807, 2.05) is 0 Å². The van der Waals surface area contributed by atoms with Crippen molar-refractivity contribution in [3.63, 3.8) is 0 Å². The van der Waals surface area contributed by atoms with Gasteiger partial charge in [0.25, 0.3) is 11.8 Å². The molecule has 32 heavy (non-hydrogen) atoms. The lowest BCUT2D eigenvalue weighted by Crippen LogP contribution is -2.54. The largest absolute Gasteiger partial charge is 0.478 e. The van der Waals surface area contributed by atoms with Crippen LogP contribution < -0.4 is 10.2 Å². The van der Waals surface area contributed by atoms with E-state index >= 15 is 0 Å². The molecule has 1 aromatic heterocycles. The van der Waals surface area contributed by atoms with Crippen LogP contribution in [0.15, 0.2) is 64.6 Å². The molecule has 0 unspecified atom stereocenters. The van der Waals surface area contributed by atoms with E-state index in [0.717, 1.165) is 0 Å². The number of hydrogen-bond donors (Lipinski definition) is 2. The van der Waals surface area contributed by atoms with Gasteiger partial charge in [-0.25, -0.2) is 4.79 Å². The van der Waals surface area contributed by atoms with Crippen molar-refractivity contribution < 1.29 is 23.9 Å². The standard InChI is InChI=1S/C22H12Cl2N2O5S/c23-12-2-4-13(5-3-12)26-20(28)16(19(27)25-22(26)32)10-14-6-8-18(31-14)15-9-11(21(29)30)1-7-17(15)24/h1-10H,(H,29,30)(H,25,27,32)/b16-10+. The lowest BCUT2D eigenvalue weighted by Gasteiger charge is -2.28. The lowest BCUT2D eigenvalue weighted by molar-refractivity contribution is -0.122. The summed E-state index contributed by atoms with van der Waals surface area (Å²) < 4.78 is 5.71. The van der Waals surface area contributed by atoms with Crippen LogP contribution in [0.5, 0.6) is 0 Å². The molecule has 0 radical (unpaired) electrons. The SMILES string of the molecule is O=C1NC(=S)N(c2ccc(Cl)cc2)C(=O)/C1=C/c1ccc(-c2cc(C(=O)O)ccc2Cl)o1. The van der Waals surface area contributed by atoms with Crippen molar-refractivity contribution in [3.8, 4) is 11.3 Å². The number of anilines is 1. The fourth-order valence-electron chi connectivity index (χ4n) is 3.05. The summed E-state index contributed by atoms with van der Waals surface area (Å²) >= 11 is 17.2. The topological polar surface area (TPSA) is 99.9 Å². The molecule has 3 aromatic rings. The van der Waals surface area contributed by atoms with Crippen LogP contribution in [0.1, 0.15) is 16.1 Å². The number of aromatic carboxylic acids is 1. The van der Waals surface area contributed by atoms with E-state index in [2.05, 4.69) is 5.32 Å². The third kappa shape index (κ3) is 4.16. The van der Waals surface area contributed by atoms with Gasteiger partial charge in [-0.2, -0.15) is 0 Å². The summed E-state index contributed by atoms with van der Waals surface area (Å²) in [4.78, 5) is 37.9. The molecule has 0 atom stereocenters. The van der Waals surface area contributed by atoms with Gasteiger partial charge in [0.2, 0.25) is 0 Å². The van der Waals surface area contributed by atoms with Crippen molar-refractivity contribution in [2.75, 3.05) is 4.90 Å². The fourth-order valence-corrected chi connectivity index (χ4v) is 3.66. The van der Waals surface area contributed by atoms with E-state index < -0.39 is 17.8 Å². The van der Waals surface area contributed by atoms with Crippen LogP contribution in [0.4, 0.5) is 5.69 Å². The lowest BCUT2D eigenvalue weighted by atomic mass is 10.1. The first-order valence-electron chi connectivity index (χ1n) is 9.04. The molecule has 2 aromatic carbocycles. The van der Waals surface area contributed by atoms with E-state index in [1.165, 1.54) is 35.2 Å². The number of thiocarbonyl (C=S) groups is 1. The summed E-state index contributed by atoms with van der Waals surface area (Å²) in [6, 6.07) is 13.7. The zero-order chi connectivity index (χ0) is 23.0. The number of halogens is 2. The molecular formula is C22H12Cl2N2O5S. The summed E-state index contributed by atoms with van der Waals surface area (Å²) in [5, 5.41) is 12.4. The Hall–Kier alpha value is -3.46. The number of furan rings is 1. The summed E-state index contributed by atoms with van der Waals surface area (Å²) in [6.45, 7) is 0. The first-order valence-corrected chi connectivity index (χ1v) is 10.2. The third-order valence-electron chi connectivity index (χ3n) is 4.58. The Morgan fingerprint density at radius 3 is 2.47 bits per heavy atom. The van der Waals surface area contributed by atoms with Crippen LogP contribution in [0.3, 0.4) is 0 Å². The van der Waals surface area contributed by atoms with E-state index in [0.29, 0.717) is 16.3 Å². The van der Waals surface area contributed by atoms with Crippen molar-refractivity contribution in [1.82, 2.24) is 5.32 Å². The van der Waals surface area contributed by atoms with Gasteiger partial charge >= 0.3 is 5.97 Å². The average Bonchev–Trinajstić information content (AvgIpc) is 3.21. The van der Waals surface area contributed by atoms with Gasteiger partial charge in [-0.1, -0.05) is 23.2 Å². The zero-order valence-electron chi connectivity index (χ0n) is 16.0. The zero-order valence-corrected chi connectivity index (χ0v) is 18.3. The molecule has 7 nitrogen and oxygen atoms in total. The Kier molecular flexibility index (Phi) is 5.84. The Labute approximate surface area is 196 Å². The van der Waals surface area contributed by atoms with E-state index in [1.54, 1.807) is 30.3 Å². The number of amides is 2. The number of carbonyl (C=O) groups is 3. The Morgan fingerprint density at radius 1 is 1.06 bits per heavy atom. The number of rotatable bonds is 4. The van der Waals surface area contributed by atoms with Crippen molar-refractivity contribution in [2.45, 2.75) is 0 Å². The van der Waals surface area contributed by atoms with Crippen molar-refractivity contribution >= 4 is 70.1 Å². The van der Waals surface area contributed by atoms with Gasteiger partial charge < -0.3 is 9.52 Å². The monoisotopic (exact) mass is 486 g/mol. The second kappa shape index (κ2) is 8.58. The highest BCUT2D eigenvalue weighted by Gasteiger charge is 2.34. The molecule has 0 aliphatic carbocycles. The highest BCUT2D eigenvalue weighted by Crippen LogP contribution is 2.31. The van der Waals surface area contributed by atoms with E-state index in [9.17, 15) is 19.5 Å². The first-order chi connectivity index (χ1) is 15.2. The number of carboxylic acids is 1. The first kappa shape index (κ1) is 21.8. The van der Waals surface area contributed by atoms with Crippen LogP contribution in [-0.4, -0.2) is 28.0 Å². The summed E-state index contributed by atoms with van der Waals surface area (Å²) in [5.74, 6) is -1.95. The number of carbonyl (C=O) groups excluding carboxylic acids is 2.